The van der Waals surface area contributed by atoms with Gasteiger partial charge in [0.2, 0.25) is 0 Å². The van der Waals surface area contributed by atoms with Crippen LogP contribution in [0, 0.1) is 5.92 Å². The summed E-state index contributed by atoms with van der Waals surface area (Å²) < 4.78 is 5.45. The smallest absolute Gasteiger partial charge is 0.0478 e. The van der Waals surface area contributed by atoms with Crippen LogP contribution in [-0.4, -0.2) is 98.9 Å². The molecule has 0 aromatic carbocycles. The van der Waals surface area contributed by atoms with Crippen molar-refractivity contribution in [3.8, 4) is 0 Å². The highest BCUT2D eigenvalue weighted by molar-refractivity contribution is 4.91. The predicted molar refractivity (Wildman–Crippen MR) is 94.9 cm³/mol. The first-order valence-electron chi connectivity index (χ1n) is 9.76. The van der Waals surface area contributed by atoms with Crippen molar-refractivity contribution in [1.29, 1.82) is 0 Å². The summed E-state index contributed by atoms with van der Waals surface area (Å²) >= 11 is 0. The number of likely N-dealkylation sites (tertiary alicyclic amines) is 1. The highest BCUT2D eigenvalue weighted by atomic mass is 16.5. The molecule has 4 aliphatic rings. The average molecular weight is 325 g/mol. The molecule has 5 nitrogen and oxygen atoms in total. The van der Waals surface area contributed by atoms with Crippen molar-refractivity contribution in [2.45, 2.75) is 38.8 Å². The van der Waals surface area contributed by atoms with Crippen LogP contribution in [0.15, 0.2) is 0 Å². The Hall–Kier alpha value is -0.200. The van der Waals surface area contributed by atoms with E-state index in [9.17, 15) is 0 Å². The lowest BCUT2D eigenvalue weighted by Gasteiger charge is -2.48. The number of rotatable bonds is 8. The maximum atomic E-state index is 5.45. The van der Waals surface area contributed by atoms with Crippen LogP contribution >= 0.6 is 0 Å². The van der Waals surface area contributed by atoms with E-state index in [-0.39, 0.29) is 0 Å². The summed E-state index contributed by atoms with van der Waals surface area (Å²) in [4.78, 5) is 7.96. The van der Waals surface area contributed by atoms with Gasteiger partial charge >= 0.3 is 0 Å². The number of nitrogens with one attached hydrogen (secondary N) is 1. The molecule has 0 aromatic heterocycles. The van der Waals surface area contributed by atoms with Gasteiger partial charge in [0.25, 0.3) is 0 Å². The summed E-state index contributed by atoms with van der Waals surface area (Å²) in [5, 5.41) is 3.90. The molecule has 23 heavy (non-hydrogen) atoms. The van der Waals surface area contributed by atoms with Crippen molar-refractivity contribution >= 4 is 0 Å². The molecular formula is C18H36N4O. The molecule has 4 rings (SSSR count). The Morgan fingerprint density at radius 1 is 1.09 bits per heavy atom. The second-order valence-electron chi connectivity index (χ2n) is 7.62. The van der Waals surface area contributed by atoms with E-state index in [2.05, 4.69) is 33.9 Å². The number of piperazine rings is 3. The molecule has 134 valence electrons. The lowest BCUT2D eigenvalue weighted by Crippen LogP contribution is -2.64. The second-order valence-corrected chi connectivity index (χ2v) is 7.62. The Morgan fingerprint density at radius 3 is 2.57 bits per heavy atom. The minimum Gasteiger partial charge on any atom is -0.382 e. The third-order valence-electron chi connectivity index (χ3n) is 5.96. The van der Waals surface area contributed by atoms with Crippen molar-refractivity contribution in [2.24, 2.45) is 5.92 Å². The molecule has 4 aliphatic heterocycles. The van der Waals surface area contributed by atoms with Crippen LogP contribution in [0.25, 0.3) is 0 Å². The molecule has 2 bridgehead atoms. The molecule has 4 saturated heterocycles. The molecule has 0 spiro atoms. The van der Waals surface area contributed by atoms with Gasteiger partial charge in [-0.1, -0.05) is 6.92 Å². The van der Waals surface area contributed by atoms with Crippen LogP contribution in [0.2, 0.25) is 0 Å². The van der Waals surface area contributed by atoms with Gasteiger partial charge in [-0.15, -0.1) is 0 Å². The van der Waals surface area contributed by atoms with Gasteiger partial charge in [-0.3, -0.25) is 9.80 Å². The number of piperidine rings is 1. The zero-order chi connectivity index (χ0) is 16.1. The van der Waals surface area contributed by atoms with Crippen LogP contribution in [0.4, 0.5) is 0 Å². The Kier molecular flexibility index (Phi) is 6.72. The first kappa shape index (κ1) is 17.6. The van der Waals surface area contributed by atoms with Crippen molar-refractivity contribution in [2.75, 3.05) is 72.1 Å². The quantitative estimate of drug-likeness (QED) is 0.665. The van der Waals surface area contributed by atoms with Crippen molar-refractivity contribution in [3.05, 3.63) is 0 Å². The van der Waals surface area contributed by atoms with Crippen LogP contribution in [0.5, 0.6) is 0 Å². The largest absolute Gasteiger partial charge is 0.382 e. The summed E-state index contributed by atoms with van der Waals surface area (Å²) in [6.07, 6.45) is 2.47. The molecule has 5 heteroatoms. The van der Waals surface area contributed by atoms with E-state index in [0.29, 0.717) is 6.04 Å². The summed E-state index contributed by atoms with van der Waals surface area (Å²) in [5.74, 6) is 0.756. The maximum absolute atomic E-state index is 5.45. The lowest BCUT2D eigenvalue weighted by molar-refractivity contribution is 0.0103. The summed E-state index contributed by atoms with van der Waals surface area (Å²) in [5.41, 5.74) is 0. The van der Waals surface area contributed by atoms with Crippen molar-refractivity contribution < 1.29 is 4.74 Å². The fourth-order valence-electron chi connectivity index (χ4n) is 4.48. The number of hydrogen-bond acceptors (Lipinski definition) is 5. The minimum absolute atomic E-state index is 0.704. The number of ether oxygens (including phenoxy) is 1. The third-order valence-corrected chi connectivity index (χ3v) is 5.96. The Labute approximate surface area is 142 Å². The van der Waals surface area contributed by atoms with Gasteiger partial charge in [-0.2, -0.15) is 0 Å². The Morgan fingerprint density at radius 2 is 1.91 bits per heavy atom. The third kappa shape index (κ3) is 4.89. The van der Waals surface area contributed by atoms with E-state index in [1.807, 2.05) is 0 Å². The highest BCUT2D eigenvalue weighted by Crippen LogP contribution is 2.19. The van der Waals surface area contributed by atoms with E-state index in [4.69, 9.17) is 4.74 Å². The number of hydrogen-bond donors (Lipinski definition) is 1. The van der Waals surface area contributed by atoms with E-state index in [1.165, 1.54) is 71.7 Å². The second kappa shape index (κ2) is 8.77. The fourth-order valence-corrected chi connectivity index (χ4v) is 4.48. The molecular weight excluding hydrogens is 288 g/mol. The zero-order valence-corrected chi connectivity index (χ0v) is 15.2. The molecule has 3 atom stereocenters. The first-order valence-corrected chi connectivity index (χ1v) is 9.76. The van der Waals surface area contributed by atoms with Gasteiger partial charge in [0.05, 0.1) is 0 Å². The lowest BCUT2D eigenvalue weighted by atomic mass is 9.93. The van der Waals surface area contributed by atoms with Gasteiger partial charge in [0.15, 0.2) is 0 Å². The van der Waals surface area contributed by atoms with E-state index < -0.39 is 0 Å². The molecule has 0 saturated carbocycles. The van der Waals surface area contributed by atoms with Gasteiger partial charge in [-0.25, -0.2) is 0 Å². The average Bonchev–Trinajstić information content (AvgIpc) is 2.59. The molecule has 0 aromatic rings. The van der Waals surface area contributed by atoms with Gasteiger partial charge in [0.1, 0.15) is 0 Å². The Balaban J connectivity index is 1.34. The standard InChI is InChI=1S/C18H36N4O/c1-3-23-12-4-6-20-7-5-18(16(2)14-20)19-13-17-15-21-8-10-22(17)11-9-21/h16-19H,3-15H2,1-2H3. The molecule has 1 N–H and O–H groups in total. The maximum Gasteiger partial charge on any atom is 0.0478 e. The van der Waals surface area contributed by atoms with Crippen LogP contribution in [-0.2, 0) is 4.74 Å². The van der Waals surface area contributed by atoms with E-state index >= 15 is 0 Å². The molecule has 0 aliphatic carbocycles. The summed E-state index contributed by atoms with van der Waals surface area (Å²) in [6, 6.07) is 1.45. The van der Waals surface area contributed by atoms with Crippen LogP contribution < -0.4 is 5.32 Å². The van der Waals surface area contributed by atoms with Crippen molar-refractivity contribution in [3.63, 3.8) is 0 Å². The monoisotopic (exact) mass is 324 g/mol. The molecule has 4 heterocycles. The highest BCUT2D eigenvalue weighted by Gasteiger charge is 2.33. The first-order chi connectivity index (χ1) is 11.3. The number of nitrogens with zero attached hydrogens (tertiary/aromatic N) is 3. The van der Waals surface area contributed by atoms with Gasteiger partial charge in [0, 0.05) is 77.7 Å². The van der Waals surface area contributed by atoms with Crippen LogP contribution in [0.3, 0.4) is 0 Å². The van der Waals surface area contributed by atoms with Gasteiger partial charge < -0.3 is 15.0 Å². The molecule has 3 unspecified atom stereocenters. The summed E-state index contributed by atoms with van der Waals surface area (Å²) in [7, 11) is 0. The van der Waals surface area contributed by atoms with E-state index in [0.717, 1.165) is 25.2 Å². The minimum atomic E-state index is 0.704. The SMILES string of the molecule is CCOCCCN1CCC(NCC2CN3CCN2CC3)C(C)C1. The number of fused-ring (bicyclic) bond motifs is 3. The normalized spacial score (nSPS) is 38.1. The zero-order valence-electron chi connectivity index (χ0n) is 15.2. The fraction of sp³-hybridized carbons (Fsp3) is 1.00. The molecule has 0 radical (unpaired) electrons. The molecule has 0 amide bonds. The van der Waals surface area contributed by atoms with Crippen LogP contribution in [0.1, 0.15) is 26.7 Å². The van der Waals surface area contributed by atoms with Crippen molar-refractivity contribution in [1.82, 2.24) is 20.0 Å². The predicted octanol–water partition coefficient (Wildman–Crippen LogP) is 0.713. The van der Waals surface area contributed by atoms with E-state index in [1.54, 1.807) is 0 Å². The molecule has 4 fully saturated rings. The summed E-state index contributed by atoms with van der Waals surface area (Å²) in [6.45, 7) is 17.5. The van der Waals surface area contributed by atoms with Gasteiger partial charge in [-0.05, 0) is 32.2 Å². The Bertz CT molecular complexity index is 346. The topological polar surface area (TPSA) is 31.0 Å².